The van der Waals surface area contributed by atoms with Gasteiger partial charge in [0.05, 0.1) is 15.7 Å². The van der Waals surface area contributed by atoms with E-state index in [1.807, 2.05) is 0 Å². The van der Waals surface area contributed by atoms with Gasteiger partial charge in [-0.1, -0.05) is 36.2 Å². The van der Waals surface area contributed by atoms with E-state index in [0.29, 0.717) is 18.8 Å². The van der Waals surface area contributed by atoms with Crippen molar-refractivity contribution in [2.24, 2.45) is 5.92 Å². The lowest BCUT2D eigenvalue weighted by atomic mass is 9.77. The van der Waals surface area contributed by atoms with Gasteiger partial charge in [0.25, 0.3) is 5.91 Å². The minimum absolute atomic E-state index is 0.268. The van der Waals surface area contributed by atoms with Crippen LogP contribution in [0.25, 0.3) is 0 Å². The fraction of sp³-hybridized carbons (Fsp3) is 0.471. The van der Waals surface area contributed by atoms with Gasteiger partial charge < -0.3 is 10.6 Å². The minimum atomic E-state index is -0.855. The Labute approximate surface area is 155 Å². The smallest absolute Gasteiger partial charge is 0.323 e. The van der Waals surface area contributed by atoms with Crippen LogP contribution in [0.15, 0.2) is 18.2 Å². The maximum atomic E-state index is 12.7. The predicted octanol–water partition coefficient (Wildman–Crippen LogP) is 3.43. The molecular formula is C17H19Cl2N3O3. The minimum Gasteiger partial charge on any atom is -0.323 e. The van der Waals surface area contributed by atoms with Crippen LogP contribution in [0.4, 0.5) is 10.5 Å². The van der Waals surface area contributed by atoms with Gasteiger partial charge in [0, 0.05) is 0 Å². The van der Waals surface area contributed by atoms with Crippen molar-refractivity contribution in [1.82, 2.24) is 10.2 Å². The number of para-hydroxylation sites is 1. The van der Waals surface area contributed by atoms with Crippen LogP contribution < -0.4 is 10.6 Å². The zero-order valence-corrected chi connectivity index (χ0v) is 15.3. The van der Waals surface area contributed by atoms with Gasteiger partial charge in [0.15, 0.2) is 0 Å². The second-order valence-electron chi connectivity index (χ2n) is 6.73. The normalized spacial score (nSPS) is 26.0. The lowest BCUT2D eigenvalue weighted by Gasteiger charge is -2.33. The van der Waals surface area contributed by atoms with E-state index in [4.69, 9.17) is 23.2 Å². The number of amides is 4. The summed E-state index contributed by atoms with van der Waals surface area (Å²) in [4.78, 5) is 38.2. The number of urea groups is 1. The highest BCUT2D eigenvalue weighted by molar-refractivity contribution is 6.39. The topological polar surface area (TPSA) is 78.5 Å². The van der Waals surface area contributed by atoms with E-state index in [9.17, 15) is 14.4 Å². The van der Waals surface area contributed by atoms with Crippen LogP contribution in [-0.2, 0) is 9.59 Å². The molecule has 1 aliphatic heterocycles. The number of hydrogen-bond donors (Lipinski definition) is 2. The zero-order chi connectivity index (χ0) is 18.2. The van der Waals surface area contributed by atoms with Crippen LogP contribution in [0.5, 0.6) is 0 Å². The Kier molecular flexibility index (Phi) is 4.93. The first-order valence-electron chi connectivity index (χ1n) is 8.20. The van der Waals surface area contributed by atoms with Crippen molar-refractivity contribution in [3.8, 4) is 0 Å². The molecule has 1 aromatic rings. The second-order valence-corrected chi connectivity index (χ2v) is 7.55. The molecular weight excluding hydrogens is 365 g/mol. The SMILES string of the molecule is CC1CCC2(CC1)NC(=O)N(CC(=O)Nc1c(Cl)cccc1Cl)C2=O. The molecule has 1 heterocycles. The summed E-state index contributed by atoms with van der Waals surface area (Å²) in [5.41, 5.74) is -0.588. The lowest BCUT2D eigenvalue weighted by molar-refractivity contribution is -0.135. The molecule has 1 saturated carbocycles. The van der Waals surface area contributed by atoms with E-state index in [2.05, 4.69) is 17.6 Å². The third-order valence-corrected chi connectivity index (χ3v) is 5.53. The number of carbonyl (C=O) groups excluding carboxylic acids is 3. The van der Waals surface area contributed by atoms with Crippen LogP contribution >= 0.6 is 23.2 Å². The molecule has 2 N–H and O–H groups in total. The van der Waals surface area contributed by atoms with Gasteiger partial charge in [-0.15, -0.1) is 0 Å². The van der Waals surface area contributed by atoms with Crippen molar-refractivity contribution < 1.29 is 14.4 Å². The van der Waals surface area contributed by atoms with Gasteiger partial charge >= 0.3 is 6.03 Å². The average Bonchev–Trinajstić information content (AvgIpc) is 2.79. The number of anilines is 1. The molecule has 0 aromatic heterocycles. The Morgan fingerprint density at radius 3 is 2.48 bits per heavy atom. The standard InChI is InChI=1S/C17H19Cl2N3O3/c1-10-5-7-17(8-6-10)15(24)22(16(25)21-17)9-13(23)20-14-11(18)3-2-4-12(14)19/h2-4,10H,5-9H2,1H3,(H,20,23)(H,21,25). The summed E-state index contributed by atoms with van der Waals surface area (Å²) in [6.07, 6.45) is 2.96. The highest BCUT2D eigenvalue weighted by Crippen LogP contribution is 2.36. The molecule has 0 unspecified atom stereocenters. The molecule has 134 valence electrons. The number of nitrogens with zero attached hydrogens (tertiary/aromatic N) is 1. The first kappa shape index (κ1) is 18.0. The van der Waals surface area contributed by atoms with Gasteiger partial charge in [0.2, 0.25) is 5.91 Å². The summed E-state index contributed by atoms with van der Waals surface area (Å²) in [6, 6.07) is 4.31. The monoisotopic (exact) mass is 383 g/mol. The van der Waals surface area contributed by atoms with Crippen molar-refractivity contribution in [3.63, 3.8) is 0 Å². The first-order chi connectivity index (χ1) is 11.8. The third-order valence-electron chi connectivity index (χ3n) is 4.90. The number of imide groups is 1. The van der Waals surface area contributed by atoms with Crippen LogP contribution in [0, 0.1) is 5.92 Å². The molecule has 3 rings (SSSR count). The number of carbonyl (C=O) groups is 3. The Morgan fingerprint density at radius 1 is 1.28 bits per heavy atom. The Bertz CT molecular complexity index is 710. The number of rotatable bonds is 3. The molecule has 0 atom stereocenters. The van der Waals surface area contributed by atoms with E-state index < -0.39 is 17.5 Å². The molecule has 25 heavy (non-hydrogen) atoms. The first-order valence-corrected chi connectivity index (χ1v) is 8.96. The molecule has 0 bridgehead atoms. The van der Waals surface area contributed by atoms with E-state index in [1.165, 1.54) is 0 Å². The fourth-order valence-corrected chi connectivity index (χ4v) is 3.85. The highest BCUT2D eigenvalue weighted by atomic mass is 35.5. The summed E-state index contributed by atoms with van der Waals surface area (Å²) < 4.78 is 0. The summed E-state index contributed by atoms with van der Waals surface area (Å²) in [7, 11) is 0. The van der Waals surface area contributed by atoms with Crippen LogP contribution in [-0.4, -0.2) is 34.8 Å². The number of nitrogens with one attached hydrogen (secondary N) is 2. The molecule has 1 aromatic carbocycles. The largest absolute Gasteiger partial charge is 0.325 e. The molecule has 8 heteroatoms. The lowest BCUT2D eigenvalue weighted by Crippen LogP contribution is -2.49. The summed E-state index contributed by atoms with van der Waals surface area (Å²) >= 11 is 12.0. The quantitative estimate of drug-likeness (QED) is 0.784. The molecule has 4 amide bonds. The summed E-state index contributed by atoms with van der Waals surface area (Å²) in [5, 5.41) is 5.93. The van der Waals surface area contributed by atoms with Gasteiger partial charge in [-0.2, -0.15) is 0 Å². The van der Waals surface area contributed by atoms with Gasteiger partial charge in [0.1, 0.15) is 12.1 Å². The molecule has 1 spiro atoms. The van der Waals surface area contributed by atoms with Crippen molar-refractivity contribution >= 4 is 46.7 Å². The van der Waals surface area contributed by atoms with E-state index >= 15 is 0 Å². The van der Waals surface area contributed by atoms with Gasteiger partial charge in [-0.05, 0) is 43.7 Å². The van der Waals surface area contributed by atoms with Crippen LogP contribution in [0.1, 0.15) is 32.6 Å². The van der Waals surface area contributed by atoms with E-state index in [0.717, 1.165) is 17.7 Å². The molecule has 1 saturated heterocycles. The van der Waals surface area contributed by atoms with Gasteiger partial charge in [-0.3, -0.25) is 14.5 Å². The Balaban J connectivity index is 1.69. The Morgan fingerprint density at radius 2 is 1.88 bits per heavy atom. The van der Waals surface area contributed by atoms with Crippen molar-refractivity contribution in [2.45, 2.75) is 38.1 Å². The molecule has 6 nitrogen and oxygen atoms in total. The number of hydrogen-bond acceptors (Lipinski definition) is 3. The van der Waals surface area contributed by atoms with Crippen LogP contribution in [0.2, 0.25) is 10.0 Å². The molecule has 2 fully saturated rings. The molecule has 0 radical (unpaired) electrons. The number of benzene rings is 1. The Hall–Kier alpha value is -1.79. The van der Waals surface area contributed by atoms with E-state index in [-0.39, 0.29) is 28.2 Å². The maximum Gasteiger partial charge on any atom is 0.325 e. The van der Waals surface area contributed by atoms with Crippen molar-refractivity contribution in [2.75, 3.05) is 11.9 Å². The fourth-order valence-electron chi connectivity index (χ4n) is 3.35. The molecule has 1 aliphatic carbocycles. The number of halogens is 2. The predicted molar refractivity (Wildman–Crippen MR) is 95.7 cm³/mol. The van der Waals surface area contributed by atoms with Gasteiger partial charge in [-0.25, -0.2) is 4.79 Å². The van der Waals surface area contributed by atoms with Crippen molar-refractivity contribution in [3.05, 3.63) is 28.2 Å². The average molecular weight is 384 g/mol. The second kappa shape index (κ2) is 6.84. The van der Waals surface area contributed by atoms with Crippen LogP contribution in [0.3, 0.4) is 0 Å². The third kappa shape index (κ3) is 3.46. The van der Waals surface area contributed by atoms with E-state index in [1.54, 1.807) is 18.2 Å². The summed E-state index contributed by atoms with van der Waals surface area (Å²) in [6.45, 7) is 1.76. The summed E-state index contributed by atoms with van der Waals surface area (Å²) in [5.74, 6) is -0.320. The zero-order valence-electron chi connectivity index (χ0n) is 13.8. The van der Waals surface area contributed by atoms with Crippen molar-refractivity contribution in [1.29, 1.82) is 0 Å². The highest BCUT2D eigenvalue weighted by Gasteiger charge is 2.52. The molecule has 2 aliphatic rings. The maximum absolute atomic E-state index is 12.7.